The molecule has 24 heavy (non-hydrogen) atoms. The Morgan fingerprint density at radius 3 is 1.67 bits per heavy atom. The Hall–Kier alpha value is -0.200. The summed E-state index contributed by atoms with van der Waals surface area (Å²) in [6.07, 6.45) is 9.60. The van der Waals surface area contributed by atoms with E-state index in [9.17, 15) is 0 Å². The first kappa shape index (κ1) is 16.0. The molecule has 5 heteroatoms. The molecular weight excluding hydrogens is 308 g/mol. The first-order valence-corrected chi connectivity index (χ1v) is 9.84. The molecule has 5 aliphatic rings. The molecule has 0 aromatic rings. The highest BCUT2D eigenvalue weighted by molar-refractivity contribution is 4.93. The van der Waals surface area contributed by atoms with Gasteiger partial charge in [0, 0.05) is 13.2 Å². The number of epoxide rings is 2. The quantitative estimate of drug-likeness (QED) is 0.635. The first-order chi connectivity index (χ1) is 11.8. The van der Waals surface area contributed by atoms with Gasteiger partial charge in [0.25, 0.3) is 0 Å². The molecule has 6 unspecified atom stereocenters. The zero-order chi connectivity index (χ0) is 16.0. The molecular formula is C19H30O5. The minimum atomic E-state index is 0.0978. The normalized spacial score (nSPS) is 45.0. The molecule has 3 saturated heterocycles. The summed E-state index contributed by atoms with van der Waals surface area (Å²) in [5.41, 5.74) is 0.0978. The monoisotopic (exact) mass is 338 g/mol. The highest BCUT2D eigenvalue weighted by atomic mass is 16.6. The van der Waals surface area contributed by atoms with Crippen molar-refractivity contribution in [3.05, 3.63) is 0 Å². The molecule has 6 atom stereocenters. The molecule has 3 aliphatic heterocycles. The van der Waals surface area contributed by atoms with Gasteiger partial charge in [-0.1, -0.05) is 0 Å². The van der Waals surface area contributed by atoms with E-state index in [1.165, 1.54) is 38.5 Å². The largest absolute Gasteiger partial charge is 0.380 e. The van der Waals surface area contributed by atoms with Gasteiger partial charge in [0.05, 0.1) is 56.3 Å². The number of rotatable bonds is 8. The zero-order valence-corrected chi connectivity index (χ0v) is 14.5. The van der Waals surface area contributed by atoms with Gasteiger partial charge in [0.15, 0.2) is 0 Å². The first-order valence-electron chi connectivity index (χ1n) is 9.84. The van der Waals surface area contributed by atoms with Crippen molar-refractivity contribution in [1.82, 2.24) is 0 Å². The predicted molar refractivity (Wildman–Crippen MR) is 86.9 cm³/mol. The van der Waals surface area contributed by atoms with Crippen LogP contribution < -0.4 is 0 Å². The number of fused-ring (bicyclic) bond motifs is 2. The van der Waals surface area contributed by atoms with E-state index in [4.69, 9.17) is 23.7 Å². The molecule has 0 bridgehead atoms. The second-order valence-electron chi connectivity index (χ2n) is 8.81. The van der Waals surface area contributed by atoms with Crippen molar-refractivity contribution in [2.24, 2.45) is 17.3 Å². The third-order valence-corrected chi connectivity index (χ3v) is 6.57. The maximum absolute atomic E-state index is 6.08. The molecule has 5 nitrogen and oxygen atoms in total. The summed E-state index contributed by atoms with van der Waals surface area (Å²) in [5, 5.41) is 0. The van der Waals surface area contributed by atoms with Crippen molar-refractivity contribution in [2.45, 2.75) is 62.9 Å². The summed E-state index contributed by atoms with van der Waals surface area (Å²) < 4.78 is 28.8. The molecule has 0 N–H and O–H groups in total. The Bertz CT molecular complexity index is 415. The van der Waals surface area contributed by atoms with Crippen LogP contribution in [0.1, 0.15) is 38.5 Å². The van der Waals surface area contributed by atoms with Crippen molar-refractivity contribution >= 4 is 0 Å². The van der Waals surface area contributed by atoms with Crippen molar-refractivity contribution in [3.63, 3.8) is 0 Å². The molecule has 0 aromatic heterocycles. The van der Waals surface area contributed by atoms with Crippen molar-refractivity contribution in [1.29, 1.82) is 0 Å². The molecule has 5 fully saturated rings. The van der Waals surface area contributed by atoms with E-state index >= 15 is 0 Å². The lowest BCUT2D eigenvalue weighted by Gasteiger charge is -2.41. The number of ether oxygens (including phenoxy) is 5. The van der Waals surface area contributed by atoms with Gasteiger partial charge < -0.3 is 23.7 Å². The summed E-state index contributed by atoms with van der Waals surface area (Å²) in [7, 11) is 0. The molecule has 3 heterocycles. The fraction of sp³-hybridized carbons (Fsp3) is 1.00. The van der Waals surface area contributed by atoms with Crippen LogP contribution >= 0.6 is 0 Å². The van der Waals surface area contributed by atoms with Gasteiger partial charge in [-0.05, 0) is 50.4 Å². The van der Waals surface area contributed by atoms with Crippen molar-refractivity contribution in [3.8, 4) is 0 Å². The molecule has 0 aromatic carbocycles. The van der Waals surface area contributed by atoms with Crippen molar-refractivity contribution in [2.75, 3.05) is 39.6 Å². The van der Waals surface area contributed by atoms with E-state index < -0.39 is 0 Å². The van der Waals surface area contributed by atoms with Gasteiger partial charge in [-0.2, -0.15) is 0 Å². The van der Waals surface area contributed by atoms with Crippen LogP contribution in [0, 0.1) is 17.3 Å². The van der Waals surface area contributed by atoms with E-state index in [1.807, 2.05) is 0 Å². The van der Waals surface area contributed by atoms with E-state index in [2.05, 4.69) is 0 Å². The summed E-state index contributed by atoms with van der Waals surface area (Å²) >= 11 is 0. The zero-order valence-electron chi connectivity index (χ0n) is 14.5. The Kier molecular flexibility index (Phi) is 4.34. The number of hydrogen-bond donors (Lipinski definition) is 0. The Balaban J connectivity index is 1.00. The fourth-order valence-electron chi connectivity index (χ4n) is 4.76. The highest BCUT2D eigenvalue weighted by Crippen LogP contribution is 2.41. The van der Waals surface area contributed by atoms with Crippen LogP contribution in [0.4, 0.5) is 0 Å². The van der Waals surface area contributed by atoms with Crippen LogP contribution in [-0.4, -0.2) is 64.1 Å². The van der Waals surface area contributed by atoms with Gasteiger partial charge in [0.2, 0.25) is 0 Å². The standard InChI is InChI=1S/C19H30O5/c1-3-15-17(23-15)5-13(1)7-20-9-19(11-22-12-19)10-21-8-14-2-4-16-18(6-14)24-16/h13-18H,1-12H2. The molecule has 136 valence electrons. The van der Waals surface area contributed by atoms with Crippen molar-refractivity contribution < 1.29 is 23.7 Å². The van der Waals surface area contributed by atoms with Crippen LogP contribution in [0.2, 0.25) is 0 Å². The van der Waals surface area contributed by atoms with Crippen LogP contribution in [0.15, 0.2) is 0 Å². The molecule has 5 rings (SSSR count). The predicted octanol–water partition coefficient (Wildman–Crippen LogP) is 2.17. The van der Waals surface area contributed by atoms with Gasteiger partial charge in [-0.25, -0.2) is 0 Å². The molecule has 0 radical (unpaired) electrons. The summed E-state index contributed by atoms with van der Waals surface area (Å²) in [6.45, 7) is 4.86. The third kappa shape index (κ3) is 3.51. The van der Waals surface area contributed by atoms with Gasteiger partial charge in [-0.15, -0.1) is 0 Å². The lowest BCUT2D eigenvalue weighted by molar-refractivity contribution is -0.182. The van der Waals surface area contributed by atoms with Crippen LogP contribution in [0.5, 0.6) is 0 Å². The average Bonchev–Trinajstić information content (AvgIpc) is 3.44. The topological polar surface area (TPSA) is 52.8 Å². The van der Waals surface area contributed by atoms with E-state index in [1.54, 1.807) is 0 Å². The Morgan fingerprint density at radius 1 is 0.708 bits per heavy atom. The number of hydrogen-bond acceptors (Lipinski definition) is 5. The van der Waals surface area contributed by atoms with Crippen LogP contribution in [-0.2, 0) is 23.7 Å². The SMILES string of the molecule is C1CC2OC2CC1COCC1(COCC2CCC3OC3C2)COC1. The molecule has 2 aliphatic carbocycles. The lowest BCUT2D eigenvalue weighted by Crippen LogP contribution is -2.50. The van der Waals surface area contributed by atoms with Gasteiger partial charge in [0.1, 0.15) is 0 Å². The third-order valence-electron chi connectivity index (χ3n) is 6.57. The Labute approximate surface area is 144 Å². The summed E-state index contributed by atoms with van der Waals surface area (Å²) in [4.78, 5) is 0. The van der Waals surface area contributed by atoms with Gasteiger partial charge in [-0.3, -0.25) is 0 Å². The second-order valence-corrected chi connectivity index (χ2v) is 8.81. The molecule has 0 amide bonds. The smallest absolute Gasteiger partial charge is 0.0845 e. The van der Waals surface area contributed by atoms with Crippen LogP contribution in [0.3, 0.4) is 0 Å². The highest BCUT2D eigenvalue weighted by Gasteiger charge is 2.45. The fourth-order valence-corrected chi connectivity index (χ4v) is 4.76. The average molecular weight is 338 g/mol. The minimum Gasteiger partial charge on any atom is -0.380 e. The summed E-state index contributed by atoms with van der Waals surface area (Å²) in [5.74, 6) is 1.36. The van der Waals surface area contributed by atoms with E-state index in [0.717, 1.165) is 39.6 Å². The lowest BCUT2D eigenvalue weighted by atomic mass is 9.87. The van der Waals surface area contributed by atoms with E-state index in [-0.39, 0.29) is 5.41 Å². The maximum atomic E-state index is 6.08. The van der Waals surface area contributed by atoms with Gasteiger partial charge >= 0.3 is 0 Å². The van der Waals surface area contributed by atoms with Crippen LogP contribution in [0.25, 0.3) is 0 Å². The molecule has 0 spiro atoms. The molecule has 2 saturated carbocycles. The minimum absolute atomic E-state index is 0.0978. The summed E-state index contributed by atoms with van der Waals surface area (Å²) in [6, 6.07) is 0. The maximum Gasteiger partial charge on any atom is 0.0845 e. The second kappa shape index (κ2) is 6.51. The Morgan fingerprint density at radius 2 is 1.25 bits per heavy atom. The van der Waals surface area contributed by atoms with E-state index in [0.29, 0.717) is 36.3 Å².